The van der Waals surface area contributed by atoms with Gasteiger partial charge in [0.2, 0.25) is 10.0 Å². The number of aryl methyl sites for hydroxylation is 1. The van der Waals surface area contributed by atoms with Crippen LogP contribution in [0.1, 0.15) is 51.9 Å². The maximum Gasteiger partial charge on any atom is 0.244 e. The molecule has 1 aromatic rings. The fourth-order valence-corrected chi connectivity index (χ4v) is 3.67. The fraction of sp³-hybridized carbons (Fsp3) is 0.769. The summed E-state index contributed by atoms with van der Waals surface area (Å²) in [5.74, 6) is 0. The van der Waals surface area contributed by atoms with Crippen LogP contribution >= 0.6 is 0 Å². The highest BCUT2D eigenvalue weighted by molar-refractivity contribution is 7.89. The van der Waals surface area contributed by atoms with Crippen LogP contribution in [0.25, 0.3) is 0 Å². The Morgan fingerprint density at radius 3 is 2.50 bits per heavy atom. The lowest BCUT2D eigenvalue weighted by Gasteiger charge is -2.24. The summed E-state index contributed by atoms with van der Waals surface area (Å²) in [7, 11) is -3.57. The first kappa shape index (κ1) is 17.1. The Balaban J connectivity index is 3.02. The van der Waals surface area contributed by atoms with Crippen molar-refractivity contribution in [1.82, 2.24) is 20.2 Å². The molecule has 7 heteroatoms. The van der Waals surface area contributed by atoms with Crippen molar-refractivity contribution < 1.29 is 8.42 Å². The molecular formula is C13H26N4O2S. The topological polar surface area (TPSA) is 86.9 Å². The van der Waals surface area contributed by atoms with Crippen LogP contribution in [0, 0.1) is 6.92 Å². The van der Waals surface area contributed by atoms with Crippen molar-refractivity contribution >= 4 is 10.0 Å². The van der Waals surface area contributed by atoms with Crippen molar-refractivity contribution in [2.24, 2.45) is 0 Å². The molecule has 0 aliphatic carbocycles. The summed E-state index contributed by atoms with van der Waals surface area (Å²) in [4.78, 5) is 0.266. The molecule has 3 N–H and O–H groups in total. The highest BCUT2D eigenvalue weighted by Crippen LogP contribution is 2.20. The predicted octanol–water partition coefficient (Wildman–Crippen LogP) is 1.68. The van der Waals surface area contributed by atoms with Gasteiger partial charge in [0.15, 0.2) is 0 Å². The summed E-state index contributed by atoms with van der Waals surface area (Å²) in [6.07, 6.45) is 1.71. The number of nitrogens with zero attached hydrogens (tertiary/aromatic N) is 1. The second-order valence-corrected chi connectivity index (χ2v) is 7.26. The minimum absolute atomic E-state index is 0.266. The van der Waals surface area contributed by atoms with E-state index in [-0.39, 0.29) is 4.90 Å². The Labute approximate surface area is 121 Å². The van der Waals surface area contributed by atoms with Crippen molar-refractivity contribution in [2.45, 2.75) is 64.4 Å². The molecule has 20 heavy (non-hydrogen) atoms. The number of H-pyrrole nitrogens is 1. The molecule has 0 amide bonds. The maximum absolute atomic E-state index is 12.5. The van der Waals surface area contributed by atoms with Gasteiger partial charge in [0.1, 0.15) is 4.90 Å². The minimum atomic E-state index is -3.57. The van der Waals surface area contributed by atoms with Crippen LogP contribution in [0.2, 0.25) is 0 Å². The molecule has 0 aliphatic heterocycles. The van der Waals surface area contributed by atoms with Crippen LogP contribution < -0.4 is 10.0 Å². The van der Waals surface area contributed by atoms with Crippen molar-refractivity contribution in [3.63, 3.8) is 0 Å². The van der Waals surface area contributed by atoms with E-state index in [0.717, 1.165) is 13.0 Å². The number of sulfonamides is 1. The first-order chi connectivity index (χ1) is 9.23. The molecule has 0 radical (unpaired) electrons. The molecule has 1 rings (SSSR count). The molecule has 0 unspecified atom stereocenters. The van der Waals surface area contributed by atoms with Gasteiger partial charge in [-0.2, -0.15) is 5.10 Å². The smallest absolute Gasteiger partial charge is 0.244 e. The molecule has 0 bridgehead atoms. The molecule has 0 aliphatic rings. The van der Waals surface area contributed by atoms with E-state index >= 15 is 0 Å². The molecule has 0 fully saturated rings. The molecule has 0 atom stereocenters. The molecule has 1 heterocycles. The second kappa shape index (κ2) is 6.69. The van der Waals surface area contributed by atoms with E-state index in [0.29, 0.717) is 24.4 Å². The lowest BCUT2D eigenvalue weighted by atomic mass is 10.0. The molecule has 0 spiro atoms. The summed E-state index contributed by atoms with van der Waals surface area (Å²) >= 11 is 0. The van der Waals surface area contributed by atoms with E-state index in [1.165, 1.54) is 0 Å². The van der Waals surface area contributed by atoms with Gasteiger partial charge in [-0.05, 0) is 40.2 Å². The number of aromatic nitrogens is 2. The summed E-state index contributed by atoms with van der Waals surface area (Å²) in [6, 6.07) is 0. The van der Waals surface area contributed by atoms with Gasteiger partial charge >= 0.3 is 0 Å². The lowest BCUT2D eigenvalue weighted by molar-refractivity contribution is 0.439. The van der Waals surface area contributed by atoms with Gasteiger partial charge in [-0.15, -0.1) is 0 Å². The average Bonchev–Trinajstić information content (AvgIpc) is 2.70. The summed E-state index contributed by atoms with van der Waals surface area (Å²) in [5, 5.41) is 10.0. The number of nitrogens with one attached hydrogen (secondary N) is 3. The van der Waals surface area contributed by atoms with E-state index < -0.39 is 15.6 Å². The Hall–Kier alpha value is -0.920. The third kappa shape index (κ3) is 4.29. The van der Waals surface area contributed by atoms with Crippen molar-refractivity contribution in [1.29, 1.82) is 0 Å². The van der Waals surface area contributed by atoms with Gasteiger partial charge in [0.05, 0.1) is 11.4 Å². The molecule has 6 nitrogen and oxygen atoms in total. The van der Waals surface area contributed by atoms with E-state index in [4.69, 9.17) is 0 Å². The number of hydrogen-bond acceptors (Lipinski definition) is 4. The quantitative estimate of drug-likeness (QED) is 0.638. The van der Waals surface area contributed by atoms with Crippen LogP contribution in [-0.4, -0.2) is 30.7 Å². The summed E-state index contributed by atoms with van der Waals surface area (Å²) < 4.78 is 27.8. The fourth-order valence-electron chi connectivity index (χ4n) is 1.82. The highest BCUT2D eigenvalue weighted by atomic mass is 32.2. The standard InChI is InChI=1S/C13H26N4O2S/c1-6-8-14-9-11-12(10(3)15-16-11)20(18,19)17-13(4,5)7-2/h14,17H,6-9H2,1-5H3,(H,15,16). The molecular weight excluding hydrogens is 276 g/mol. The second-order valence-electron chi connectivity index (χ2n) is 5.64. The SMILES string of the molecule is CCCNCc1n[nH]c(C)c1S(=O)(=O)NC(C)(C)CC. The normalized spacial score (nSPS) is 12.8. The van der Waals surface area contributed by atoms with Crippen molar-refractivity contribution in [3.8, 4) is 0 Å². The van der Waals surface area contributed by atoms with Crippen LogP contribution in [0.4, 0.5) is 0 Å². The maximum atomic E-state index is 12.5. The largest absolute Gasteiger partial charge is 0.311 e. The highest BCUT2D eigenvalue weighted by Gasteiger charge is 2.29. The average molecular weight is 302 g/mol. The molecule has 116 valence electrons. The van der Waals surface area contributed by atoms with Gasteiger partial charge in [0.25, 0.3) is 0 Å². The molecule has 0 aromatic carbocycles. The zero-order chi connectivity index (χ0) is 15.4. The summed E-state index contributed by atoms with van der Waals surface area (Å²) in [5.41, 5.74) is 0.629. The molecule has 0 saturated carbocycles. The van der Waals surface area contributed by atoms with Crippen molar-refractivity contribution in [2.75, 3.05) is 6.54 Å². The Morgan fingerprint density at radius 1 is 1.30 bits per heavy atom. The van der Waals surface area contributed by atoms with Gasteiger partial charge < -0.3 is 5.32 Å². The Kier molecular flexibility index (Phi) is 5.73. The van der Waals surface area contributed by atoms with Crippen LogP contribution in [-0.2, 0) is 16.6 Å². The Bertz CT molecular complexity index is 535. The molecule has 1 aromatic heterocycles. The third-order valence-electron chi connectivity index (χ3n) is 3.24. The zero-order valence-electron chi connectivity index (χ0n) is 13.0. The van der Waals surface area contributed by atoms with Crippen molar-refractivity contribution in [3.05, 3.63) is 11.4 Å². The first-order valence-electron chi connectivity index (χ1n) is 7.02. The first-order valence-corrected chi connectivity index (χ1v) is 8.50. The Morgan fingerprint density at radius 2 is 1.95 bits per heavy atom. The predicted molar refractivity (Wildman–Crippen MR) is 80.0 cm³/mol. The van der Waals surface area contributed by atoms with Crippen LogP contribution in [0.3, 0.4) is 0 Å². The summed E-state index contributed by atoms with van der Waals surface area (Å²) in [6.45, 7) is 10.8. The van der Waals surface area contributed by atoms with E-state index in [1.807, 2.05) is 20.8 Å². The van der Waals surface area contributed by atoms with E-state index in [9.17, 15) is 8.42 Å². The van der Waals surface area contributed by atoms with Gasteiger partial charge in [-0.25, -0.2) is 13.1 Å². The lowest BCUT2D eigenvalue weighted by Crippen LogP contribution is -2.43. The minimum Gasteiger partial charge on any atom is -0.311 e. The third-order valence-corrected chi connectivity index (χ3v) is 5.14. The van der Waals surface area contributed by atoms with Gasteiger partial charge in [-0.1, -0.05) is 13.8 Å². The van der Waals surface area contributed by atoms with E-state index in [2.05, 4.69) is 27.2 Å². The van der Waals surface area contributed by atoms with Gasteiger partial charge in [-0.3, -0.25) is 5.10 Å². The molecule has 0 saturated heterocycles. The number of hydrogen-bond donors (Lipinski definition) is 3. The number of rotatable bonds is 8. The van der Waals surface area contributed by atoms with Crippen LogP contribution in [0.15, 0.2) is 4.90 Å². The monoisotopic (exact) mass is 302 g/mol. The van der Waals surface area contributed by atoms with Crippen LogP contribution in [0.5, 0.6) is 0 Å². The number of aromatic amines is 1. The van der Waals surface area contributed by atoms with Gasteiger partial charge in [0, 0.05) is 12.1 Å². The zero-order valence-corrected chi connectivity index (χ0v) is 13.8. The van der Waals surface area contributed by atoms with E-state index in [1.54, 1.807) is 6.92 Å².